The molecule has 5 rings (SSSR count). The Balaban J connectivity index is 1.17. The number of likely N-dealkylation sites (tertiary alicyclic amines) is 1. The summed E-state index contributed by atoms with van der Waals surface area (Å²) in [4.78, 5) is 28.6. The molecule has 2 unspecified atom stereocenters. The first-order valence-corrected chi connectivity index (χ1v) is 11.6. The molecule has 0 radical (unpaired) electrons. The standard InChI is InChI=1S/C25H31N3O3/c1-17-12-22(17)23-10-9-21(31-23)16-28(20-7-8-20)25(30)26-14-18-4-2-5-19(13-18)15-27-11-3-6-24(27)29/h2,4-5,9-10,13,17,20,22H,3,6-8,11-12,14-16H2,1H3,(H,26,30). The molecule has 1 aliphatic heterocycles. The van der Waals surface area contributed by atoms with Gasteiger partial charge in [0.05, 0.1) is 6.54 Å². The van der Waals surface area contributed by atoms with Crippen LogP contribution in [0.1, 0.15) is 67.6 Å². The summed E-state index contributed by atoms with van der Waals surface area (Å²) in [7, 11) is 0. The summed E-state index contributed by atoms with van der Waals surface area (Å²) in [6, 6.07) is 12.5. The van der Waals surface area contributed by atoms with Gasteiger partial charge in [0.15, 0.2) is 0 Å². The first kappa shape index (κ1) is 20.2. The van der Waals surface area contributed by atoms with E-state index in [1.54, 1.807) is 0 Å². The summed E-state index contributed by atoms with van der Waals surface area (Å²) in [5.41, 5.74) is 2.16. The number of urea groups is 1. The van der Waals surface area contributed by atoms with Crippen LogP contribution in [-0.4, -0.2) is 34.3 Å². The van der Waals surface area contributed by atoms with Gasteiger partial charge in [-0.05, 0) is 54.9 Å². The van der Waals surface area contributed by atoms with Crippen molar-refractivity contribution in [2.24, 2.45) is 5.92 Å². The largest absolute Gasteiger partial charge is 0.464 e. The van der Waals surface area contributed by atoms with Crippen molar-refractivity contribution in [3.05, 3.63) is 59.0 Å². The highest BCUT2D eigenvalue weighted by molar-refractivity contribution is 5.78. The molecule has 2 heterocycles. The van der Waals surface area contributed by atoms with Crippen molar-refractivity contribution in [3.63, 3.8) is 0 Å². The fourth-order valence-electron chi connectivity index (χ4n) is 4.53. The van der Waals surface area contributed by atoms with Gasteiger partial charge in [-0.1, -0.05) is 31.2 Å². The molecule has 1 aromatic carbocycles. The maximum absolute atomic E-state index is 12.9. The van der Waals surface area contributed by atoms with Gasteiger partial charge < -0.3 is 19.5 Å². The van der Waals surface area contributed by atoms with Crippen molar-refractivity contribution >= 4 is 11.9 Å². The van der Waals surface area contributed by atoms with Crippen LogP contribution in [0.3, 0.4) is 0 Å². The Hall–Kier alpha value is -2.76. The van der Waals surface area contributed by atoms with Gasteiger partial charge in [0, 0.05) is 38.0 Å². The minimum Gasteiger partial charge on any atom is -0.464 e. The predicted molar refractivity (Wildman–Crippen MR) is 117 cm³/mol. The number of furan rings is 1. The maximum Gasteiger partial charge on any atom is 0.318 e. The molecule has 3 fully saturated rings. The fraction of sp³-hybridized carbons (Fsp3) is 0.520. The molecular formula is C25H31N3O3. The van der Waals surface area contributed by atoms with Gasteiger partial charge >= 0.3 is 6.03 Å². The second kappa shape index (κ2) is 8.40. The summed E-state index contributed by atoms with van der Waals surface area (Å²) in [5.74, 6) is 3.43. The van der Waals surface area contributed by atoms with Crippen molar-refractivity contribution in [2.75, 3.05) is 6.54 Å². The molecule has 164 valence electrons. The molecule has 1 aromatic heterocycles. The third kappa shape index (κ3) is 4.78. The Bertz CT molecular complexity index is 964. The van der Waals surface area contributed by atoms with Gasteiger partial charge in [-0.25, -0.2) is 4.79 Å². The molecule has 1 N–H and O–H groups in total. The Morgan fingerprint density at radius 1 is 1.23 bits per heavy atom. The van der Waals surface area contributed by atoms with E-state index in [1.807, 2.05) is 34.1 Å². The van der Waals surface area contributed by atoms with Crippen LogP contribution in [0.4, 0.5) is 4.79 Å². The Morgan fingerprint density at radius 3 is 2.74 bits per heavy atom. The van der Waals surface area contributed by atoms with Crippen molar-refractivity contribution in [1.29, 1.82) is 0 Å². The van der Waals surface area contributed by atoms with Crippen molar-refractivity contribution < 1.29 is 14.0 Å². The highest BCUT2D eigenvalue weighted by Gasteiger charge is 2.37. The first-order chi connectivity index (χ1) is 15.1. The van der Waals surface area contributed by atoms with Crippen molar-refractivity contribution in [1.82, 2.24) is 15.1 Å². The second-order valence-electron chi connectivity index (χ2n) is 9.38. The number of amides is 3. The van der Waals surface area contributed by atoms with Gasteiger partial charge in [0.1, 0.15) is 11.5 Å². The number of hydrogen-bond acceptors (Lipinski definition) is 3. The molecule has 2 aromatic rings. The van der Waals surface area contributed by atoms with Gasteiger partial charge in [-0.2, -0.15) is 0 Å². The van der Waals surface area contributed by atoms with Gasteiger partial charge in [-0.15, -0.1) is 0 Å². The zero-order valence-electron chi connectivity index (χ0n) is 18.2. The summed E-state index contributed by atoms with van der Waals surface area (Å²) in [6.45, 7) is 4.73. The smallest absolute Gasteiger partial charge is 0.318 e. The van der Waals surface area contributed by atoms with E-state index in [0.29, 0.717) is 43.9 Å². The molecule has 3 aliphatic rings. The lowest BCUT2D eigenvalue weighted by Gasteiger charge is -2.22. The average molecular weight is 422 g/mol. The Morgan fingerprint density at radius 2 is 2.03 bits per heavy atom. The lowest BCUT2D eigenvalue weighted by atomic mass is 10.1. The maximum atomic E-state index is 12.9. The topological polar surface area (TPSA) is 65.8 Å². The summed E-state index contributed by atoms with van der Waals surface area (Å²) < 4.78 is 6.03. The third-order valence-electron chi connectivity index (χ3n) is 6.71. The molecule has 6 heteroatoms. The molecule has 31 heavy (non-hydrogen) atoms. The van der Waals surface area contributed by atoms with E-state index in [-0.39, 0.29) is 11.9 Å². The number of carbonyl (C=O) groups is 2. The molecule has 2 atom stereocenters. The van der Waals surface area contributed by atoms with Crippen LogP contribution < -0.4 is 5.32 Å². The minimum absolute atomic E-state index is 0.0413. The molecule has 2 aliphatic carbocycles. The van der Waals surface area contributed by atoms with E-state index in [4.69, 9.17) is 4.42 Å². The van der Waals surface area contributed by atoms with Crippen LogP contribution in [0.5, 0.6) is 0 Å². The van der Waals surface area contributed by atoms with Gasteiger partial charge in [0.25, 0.3) is 0 Å². The third-order valence-corrected chi connectivity index (χ3v) is 6.71. The molecule has 0 spiro atoms. The average Bonchev–Trinajstić information content (AvgIpc) is 3.65. The van der Waals surface area contributed by atoms with Crippen LogP contribution in [-0.2, 0) is 24.4 Å². The summed E-state index contributed by atoms with van der Waals surface area (Å²) in [5, 5.41) is 3.08. The normalized spacial score (nSPS) is 22.6. The van der Waals surface area contributed by atoms with E-state index in [0.717, 1.165) is 48.5 Å². The minimum atomic E-state index is -0.0413. The van der Waals surface area contributed by atoms with Crippen LogP contribution >= 0.6 is 0 Å². The Kier molecular flexibility index (Phi) is 5.47. The monoisotopic (exact) mass is 421 g/mol. The SMILES string of the molecule is CC1CC1c1ccc(CN(C(=O)NCc2cccc(CN3CCCC3=O)c2)C2CC2)o1. The van der Waals surface area contributed by atoms with E-state index < -0.39 is 0 Å². The number of rotatable bonds is 8. The quantitative estimate of drug-likeness (QED) is 0.687. The van der Waals surface area contributed by atoms with Gasteiger partial charge in [-0.3, -0.25) is 4.79 Å². The van der Waals surface area contributed by atoms with Crippen LogP contribution in [0.2, 0.25) is 0 Å². The first-order valence-electron chi connectivity index (χ1n) is 11.6. The van der Waals surface area contributed by atoms with Gasteiger partial charge in [0.2, 0.25) is 5.91 Å². The molecule has 6 nitrogen and oxygen atoms in total. The molecule has 1 saturated heterocycles. The van der Waals surface area contributed by atoms with Crippen molar-refractivity contribution in [3.8, 4) is 0 Å². The predicted octanol–water partition coefficient (Wildman–Crippen LogP) is 4.40. The second-order valence-corrected chi connectivity index (χ2v) is 9.38. The highest BCUT2D eigenvalue weighted by atomic mass is 16.3. The number of nitrogens with zero attached hydrogens (tertiary/aromatic N) is 2. The van der Waals surface area contributed by atoms with E-state index >= 15 is 0 Å². The van der Waals surface area contributed by atoms with Crippen molar-refractivity contribution in [2.45, 2.75) is 70.6 Å². The highest BCUT2D eigenvalue weighted by Crippen LogP contribution is 2.47. The lowest BCUT2D eigenvalue weighted by molar-refractivity contribution is -0.128. The molecule has 3 amide bonds. The van der Waals surface area contributed by atoms with Crippen LogP contribution in [0.15, 0.2) is 40.8 Å². The lowest BCUT2D eigenvalue weighted by Crippen LogP contribution is -2.40. The number of carbonyl (C=O) groups excluding carboxylic acids is 2. The number of benzene rings is 1. The Labute approximate surface area is 183 Å². The van der Waals surface area contributed by atoms with E-state index in [9.17, 15) is 9.59 Å². The van der Waals surface area contributed by atoms with E-state index in [1.165, 1.54) is 6.42 Å². The van der Waals surface area contributed by atoms with Crippen LogP contribution in [0, 0.1) is 5.92 Å². The van der Waals surface area contributed by atoms with E-state index in [2.05, 4.69) is 24.4 Å². The zero-order valence-corrected chi connectivity index (χ0v) is 18.2. The summed E-state index contributed by atoms with van der Waals surface area (Å²) in [6.07, 6.45) is 4.91. The number of nitrogens with one attached hydrogen (secondary N) is 1. The zero-order chi connectivity index (χ0) is 21.4. The fourth-order valence-corrected chi connectivity index (χ4v) is 4.53. The van der Waals surface area contributed by atoms with Crippen LogP contribution in [0.25, 0.3) is 0 Å². The summed E-state index contributed by atoms with van der Waals surface area (Å²) >= 11 is 0. The molecule has 0 bridgehead atoms. The number of hydrogen-bond donors (Lipinski definition) is 1. The molecular weight excluding hydrogens is 390 g/mol. The molecule has 2 saturated carbocycles.